The summed E-state index contributed by atoms with van der Waals surface area (Å²) in [6, 6.07) is 0. The standard InChI is InChI=1S/C21H33NO6/c1-4-26-18(23)15-17-13-10-14-22(20(25)28-6-3)21(17,19(24)27-5-2)16-11-8-7-9-12-16/h15-16H,4-14H2,1-3H3/b17-15+. The summed E-state index contributed by atoms with van der Waals surface area (Å²) in [5.74, 6) is -1.07. The molecule has 2 rings (SSSR count). The molecule has 0 aromatic carbocycles. The maximum absolute atomic E-state index is 13.4. The zero-order valence-electron chi connectivity index (χ0n) is 17.3. The van der Waals surface area contributed by atoms with Crippen molar-refractivity contribution < 1.29 is 28.6 Å². The third-order valence-corrected chi connectivity index (χ3v) is 5.59. The largest absolute Gasteiger partial charge is 0.464 e. The highest BCUT2D eigenvalue weighted by molar-refractivity contribution is 5.93. The van der Waals surface area contributed by atoms with Gasteiger partial charge >= 0.3 is 18.0 Å². The van der Waals surface area contributed by atoms with E-state index in [1.54, 1.807) is 20.8 Å². The quantitative estimate of drug-likeness (QED) is 0.388. The maximum Gasteiger partial charge on any atom is 0.410 e. The number of hydrogen-bond donors (Lipinski definition) is 0. The van der Waals surface area contributed by atoms with Gasteiger partial charge in [-0.1, -0.05) is 19.3 Å². The Balaban J connectivity index is 2.61. The molecule has 1 amide bonds. The number of ether oxygens (including phenoxy) is 3. The first kappa shape index (κ1) is 22.2. The molecule has 0 aromatic rings. The number of rotatable bonds is 6. The van der Waals surface area contributed by atoms with Crippen molar-refractivity contribution in [3.05, 3.63) is 11.6 Å². The molecule has 158 valence electrons. The van der Waals surface area contributed by atoms with E-state index in [0.29, 0.717) is 25.0 Å². The van der Waals surface area contributed by atoms with Crippen molar-refractivity contribution in [1.29, 1.82) is 0 Å². The van der Waals surface area contributed by atoms with Crippen LogP contribution in [0.2, 0.25) is 0 Å². The second-order valence-corrected chi connectivity index (χ2v) is 7.20. The maximum atomic E-state index is 13.4. The van der Waals surface area contributed by atoms with Crippen LogP contribution >= 0.6 is 0 Å². The number of esters is 2. The fourth-order valence-corrected chi connectivity index (χ4v) is 4.56. The van der Waals surface area contributed by atoms with E-state index in [9.17, 15) is 14.4 Å². The van der Waals surface area contributed by atoms with E-state index < -0.39 is 23.6 Å². The van der Waals surface area contributed by atoms with E-state index in [1.807, 2.05) is 0 Å². The number of hydrogen-bond acceptors (Lipinski definition) is 6. The minimum atomic E-state index is -1.30. The van der Waals surface area contributed by atoms with Gasteiger partial charge in [-0.2, -0.15) is 0 Å². The number of carbonyl (C=O) groups is 3. The molecule has 2 aliphatic rings. The van der Waals surface area contributed by atoms with E-state index in [1.165, 1.54) is 11.0 Å². The van der Waals surface area contributed by atoms with Gasteiger partial charge in [0.25, 0.3) is 0 Å². The summed E-state index contributed by atoms with van der Waals surface area (Å²) in [6.07, 6.45) is 6.73. The van der Waals surface area contributed by atoms with E-state index in [4.69, 9.17) is 14.2 Å². The van der Waals surface area contributed by atoms with E-state index >= 15 is 0 Å². The lowest BCUT2D eigenvalue weighted by Crippen LogP contribution is -2.65. The van der Waals surface area contributed by atoms with Gasteiger partial charge in [0.15, 0.2) is 5.54 Å². The molecule has 2 fully saturated rings. The summed E-state index contributed by atoms with van der Waals surface area (Å²) >= 11 is 0. The molecule has 28 heavy (non-hydrogen) atoms. The molecule has 1 aliphatic carbocycles. The van der Waals surface area contributed by atoms with E-state index in [-0.39, 0.29) is 25.7 Å². The van der Waals surface area contributed by atoms with Crippen LogP contribution in [0.25, 0.3) is 0 Å². The molecule has 7 heteroatoms. The Labute approximate surface area is 167 Å². The lowest BCUT2D eigenvalue weighted by atomic mass is 9.67. The number of carbonyl (C=O) groups excluding carboxylic acids is 3. The summed E-state index contributed by atoms with van der Waals surface area (Å²) < 4.78 is 15.9. The number of piperidine rings is 1. The minimum Gasteiger partial charge on any atom is -0.464 e. The Morgan fingerprint density at radius 2 is 1.61 bits per heavy atom. The first-order chi connectivity index (χ1) is 13.5. The average molecular weight is 395 g/mol. The van der Waals surface area contributed by atoms with Crippen molar-refractivity contribution in [3.63, 3.8) is 0 Å². The van der Waals surface area contributed by atoms with Gasteiger partial charge < -0.3 is 14.2 Å². The molecule has 7 nitrogen and oxygen atoms in total. The zero-order valence-corrected chi connectivity index (χ0v) is 17.3. The molecule has 1 saturated heterocycles. The Bertz CT molecular complexity index is 596. The van der Waals surface area contributed by atoms with Gasteiger partial charge in [0.05, 0.1) is 19.8 Å². The lowest BCUT2D eigenvalue weighted by molar-refractivity contribution is -0.160. The van der Waals surface area contributed by atoms with Gasteiger partial charge in [0, 0.05) is 12.6 Å². The van der Waals surface area contributed by atoms with Crippen LogP contribution in [0.5, 0.6) is 0 Å². The monoisotopic (exact) mass is 395 g/mol. The average Bonchev–Trinajstić information content (AvgIpc) is 2.69. The topological polar surface area (TPSA) is 82.1 Å². The van der Waals surface area contributed by atoms with Crippen molar-refractivity contribution in [1.82, 2.24) is 4.90 Å². The highest BCUT2D eigenvalue weighted by Gasteiger charge is 2.57. The second-order valence-electron chi connectivity index (χ2n) is 7.20. The summed E-state index contributed by atoms with van der Waals surface area (Å²) in [6.45, 7) is 6.30. The summed E-state index contributed by atoms with van der Waals surface area (Å²) in [7, 11) is 0. The van der Waals surface area contributed by atoms with Crippen molar-refractivity contribution in [2.24, 2.45) is 5.92 Å². The predicted octanol–water partition coefficient (Wildman–Crippen LogP) is 3.61. The highest BCUT2D eigenvalue weighted by atomic mass is 16.6. The van der Waals surface area contributed by atoms with Crippen molar-refractivity contribution >= 4 is 18.0 Å². The predicted molar refractivity (Wildman–Crippen MR) is 104 cm³/mol. The Morgan fingerprint density at radius 1 is 0.964 bits per heavy atom. The molecular weight excluding hydrogens is 362 g/mol. The number of likely N-dealkylation sites (tertiary alicyclic amines) is 1. The molecular formula is C21H33NO6. The summed E-state index contributed by atoms with van der Waals surface area (Å²) in [4.78, 5) is 40.1. The first-order valence-corrected chi connectivity index (χ1v) is 10.5. The molecule has 1 heterocycles. The fourth-order valence-electron chi connectivity index (χ4n) is 4.56. The molecule has 1 saturated carbocycles. The van der Waals surface area contributed by atoms with Crippen LogP contribution in [0.3, 0.4) is 0 Å². The van der Waals surface area contributed by atoms with Crippen LogP contribution < -0.4 is 0 Å². The van der Waals surface area contributed by atoms with Crippen LogP contribution in [-0.4, -0.2) is 54.8 Å². The van der Waals surface area contributed by atoms with Gasteiger partial charge in [-0.3, -0.25) is 4.90 Å². The summed E-state index contributed by atoms with van der Waals surface area (Å²) in [5, 5.41) is 0. The van der Waals surface area contributed by atoms with Gasteiger partial charge in [0.1, 0.15) is 0 Å². The Morgan fingerprint density at radius 3 is 2.21 bits per heavy atom. The van der Waals surface area contributed by atoms with Gasteiger partial charge in [-0.05, 0) is 57.9 Å². The number of nitrogens with zero attached hydrogens (tertiary/aromatic N) is 1. The van der Waals surface area contributed by atoms with Crippen molar-refractivity contribution in [2.75, 3.05) is 26.4 Å². The zero-order chi connectivity index (χ0) is 20.6. The third-order valence-electron chi connectivity index (χ3n) is 5.59. The van der Waals surface area contributed by atoms with E-state index in [0.717, 1.165) is 32.1 Å². The van der Waals surface area contributed by atoms with Crippen LogP contribution in [0, 0.1) is 5.92 Å². The Kier molecular flexibility index (Phi) is 8.33. The molecule has 0 aromatic heterocycles. The Hall–Kier alpha value is -2.05. The van der Waals surface area contributed by atoms with Crippen LogP contribution in [0.4, 0.5) is 4.79 Å². The van der Waals surface area contributed by atoms with Gasteiger partial charge in [-0.15, -0.1) is 0 Å². The van der Waals surface area contributed by atoms with Crippen LogP contribution in [0.15, 0.2) is 11.6 Å². The fraction of sp³-hybridized carbons (Fsp3) is 0.762. The molecule has 0 spiro atoms. The lowest BCUT2D eigenvalue weighted by Gasteiger charge is -2.51. The first-order valence-electron chi connectivity index (χ1n) is 10.5. The molecule has 0 N–H and O–H groups in total. The molecule has 1 atom stereocenters. The molecule has 0 bridgehead atoms. The molecule has 1 unspecified atom stereocenters. The number of amides is 1. The highest BCUT2D eigenvalue weighted by Crippen LogP contribution is 2.46. The summed E-state index contributed by atoms with van der Waals surface area (Å²) in [5.41, 5.74) is -0.691. The van der Waals surface area contributed by atoms with Crippen LogP contribution in [-0.2, 0) is 23.8 Å². The second kappa shape index (κ2) is 10.5. The molecule has 1 aliphatic heterocycles. The minimum absolute atomic E-state index is 0.106. The van der Waals surface area contributed by atoms with Crippen molar-refractivity contribution in [2.45, 2.75) is 71.3 Å². The normalized spacial score (nSPS) is 24.7. The van der Waals surface area contributed by atoms with Crippen molar-refractivity contribution in [3.8, 4) is 0 Å². The molecule has 0 radical (unpaired) electrons. The SMILES string of the molecule is CCOC(=O)/C=C1\CCCN(C(=O)OCC)C1(C(=O)OCC)C1CCCCC1. The van der Waals surface area contributed by atoms with Gasteiger partial charge in [0.2, 0.25) is 0 Å². The smallest absolute Gasteiger partial charge is 0.410 e. The third kappa shape index (κ3) is 4.50. The van der Waals surface area contributed by atoms with Crippen LogP contribution in [0.1, 0.15) is 65.7 Å². The van der Waals surface area contributed by atoms with E-state index in [2.05, 4.69) is 0 Å². The van der Waals surface area contributed by atoms with Gasteiger partial charge in [-0.25, -0.2) is 14.4 Å².